The molecular weight excluding hydrogens is 497 g/mol. The van der Waals surface area contributed by atoms with Crippen LogP contribution in [0.5, 0.6) is 0 Å². The molecule has 1 N–H and O–H groups in total. The summed E-state index contributed by atoms with van der Waals surface area (Å²) in [6.45, 7) is 7.33. The van der Waals surface area contributed by atoms with Crippen molar-refractivity contribution in [3.05, 3.63) is 64.9 Å². The minimum absolute atomic E-state index is 0.0239. The summed E-state index contributed by atoms with van der Waals surface area (Å²) in [7, 11) is 0. The zero-order valence-corrected chi connectivity index (χ0v) is 21.7. The maximum atomic E-state index is 12.5. The molecule has 2 aromatic heterocycles. The Labute approximate surface area is 219 Å². The first-order valence-corrected chi connectivity index (χ1v) is 12.7. The van der Waals surface area contributed by atoms with E-state index < -0.39 is 0 Å². The highest BCUT2D eigenvalue weighted by Crippen LogP contribution is 2.34. The summed E-state index contributed by atoms with van der Waals surface area (Å²) in [5, 5.41) is 4.24. The van der Waals surface area contributed by atoms with Crippen LogP contribution < -0.4 is 10.2 Å². The zero-order chi connectivity index (χ0) is 25.2. The smallest absolute Gasteiger partial charge is 0.317 e. The second-order valence-electron chi connectivity index (χ2n) is 9.15. The molecule has 0 aliphatic carbocycles. The number of halogens is 2. The topological polar surface area (TPSA) is 79.2 Å². The molecule has 10 heteroatoms. The molecule has 0 unspecified atom stereocenters. The van der Waals surface area contributed by atoms with Crippen LogP contribution in [0.1, 0.15) is 13.8 Å². The molecule has 1 fully saturated rings. The number of amides is 2. The van der Waals surface area contributed by atoms with Gasteiger partial charge >= 0.3 is 6.03 Å². The van der Waals surface area contributed by atoms with Crippen molar-refractivity contribution in [2.75, 3.05) is 37.6 Å². The van der Waals surface area contributed by atoms with Crippen molar-refractivity contribution < 1.29 is 4.79 Å². The fourth-order valence-electron chi connectivity index (χ4n) is 4.29. The fraction of sp³-hybridized carbons (Fsp3) is 0.308. The minimum atomic E-state index is -0.0239. The lowest BCUT2D eigenvalue weighted by atomic mass is 10.2. The van der Waals surface area contributed by atoms with Gasteiger partial charge in [-0.15, -0.1) is 0 Å². The first-order chi connectivity index (χ1) is 17.4. The number of benzene rings is 2. The van der Waals surface area contributed by atoms with Crippen LogP contribution in [-0.4, -0.2) is 63.2 Å². The molecule has 3 heterocycles. The number of rotatable bonds is 5. The van der Waals surface area contributed by atoms with Crippen molar-refractivity contribution in [1.29, 1.82) is 0 Å². The highest BCUT2D eigenvalue weighted by atomic mass is 35.5. The Hall–Kier alpha value is -3.36. The van der Waals surface area contributed by atoms with Crippen LogP contribution in [0.3, 0.4) is 0 Å². The van der Waals surface area contributed by atoms with Gasteiger partial charge in [-0.05, 0) is 42.3 Å². The van der Waals surface area contributed by atoms with Gasteiger partial charge in [0.05, 0.1) is 5.02 Å². The Morgan fingerprint density at radius 3 is 2.42 bits per heavy atom. The molecule has 8 nitrogen and oxygen atoms in total. The predicted octanol–water partition coefficient (Wildman–Crippen LogP) is 5.28. The number of carbonyl (C=O) groups is 1. The van der Waals surface area contributed by atoms with Gasteiger partial charge in [-0.1, -0.05) is 49.2 Å². The monoisotopic (exact) mass is 523 g/mol. The Kier molecular flexibility index (Phi) is 6.98. The lowest BCUT2D eigenvalue weighted by Crippen LogP contribution is -2.52. The van der Waals surface area contributed by atoms with E-state index in [-0.39, 0.29) is 6.03 Å². The van der Waals surface area contributed by atoms with Gasteiger partial charge in [-0.3, -0.25) is 4.57 Å². The number of hydrogen-bond acceptors (Lipinski definition) is 5. The second-order valence-corrected chi connectivity index (χ2v) is 9.99. The van der Waals surface area contributed by atoms with E-state index in [9.17, 15) is 4.79 Å². The third-order valence-electron chi connectivity index (χ3n) is 6.15. The van der Waals surface area contributed by atoms with Crippen LogP contribution in [0, 0.1) is 5.92 Å². The molecule has 1 saturated heterocycles. The van der Waals surface area contributed by atoms with Gasteiger partial charge in [0.2, 0.25) is 0 Å². The largest absolute Gasteiger partial charge is 0.351 e. The number of urea groups is 1. The maximum absolute atomic E-state index is 12.5. The summed E-state index contributed by atoms with van der Waals surface area (Å²) in [5.41, 5.74) is 3.02. The third-order valence-corrected chi connectivity index (χ3v) is 6.73. The number of aromatic nitrogens is 4. The van der Waals surface area contributed by atoms with E-state index >= 15 is 0 Å². The van der Waals surface area contributed by atoms with E-state index in [1.807, 2.05) is 58.0 Å². The molecule has 0 radical (unpaired) electrons. The van der Waals surface area contributed by atoms with Crippen LogP contribution in [-0.2, 0) is 0 Å². The molecule has 186 valence electrons. The van der Waals surface area contributed by atoms with Gasteiger partial charge in [-0.2, -0.15) is 0 Å². The van der Waals surface area contributed by atoms with Crippen LogP contribution in [0.4, 0.5) is 10.6 Å². The number of anilines is 1. The Morgan fingerprint density at radius 2 is 1.72 bits per heavy atom. The number of carbonyl (C=O) groups excluding carboxylic acids is 1. The van der Waals surface area contributed by atoms with Crippen LogP contribution in [0.25, 0.3) is 28.2 Å². The summed E-state index contributed by atoms with van der Waals surface area (Å²) in [4.78, 5) is 30.7. The maximum Gasteiger partial charge on any atom is 0.317 e. The van der Waals surface area contributed by atoms with Gasteiger partial charge in [0.1, 0.15) is 12.2 Å². The predicted molar refractivity (Wildman–Crippen MR) is 144 cm³/mol. The van der Waals surface area contributed by atoms with Crippen molar-refractivity contribution in [3.63, 3.8) is 0 Å². The second kappa shape index (κ2) is 10.3. The molecule has 1 aliphatic heterocycles. The first kappa shape index (κ1) is 24.3. The van der Waals surface area contributed by atoms with E-state index in [0.29, 0.717) is 65.7 Å². The van der Waals surface area contributed by atoms with E-state index in [1.165, 1.54) is 0 Å². The highest BCUT2D eigenvalue weighted by Gasteiger charge is 2.26. The van der Waals surface area contributed by atoms with Gasteiger partial charge in [0.25, 0.3) is 0 Å². The average Bonchev–Trinajstić information content (AvgIpc) is 3.27. The van der Waals surface area contributed by atoms with Crippen molar-refractivity contribution in [1.82, 2.24) is 29.7 Å². The summed E-state index contributed by atoms with van der Waals surface area (Å²) in [5.74, 6) is 1.82. The number of hydrogen-bond donors (Lipinski definition) is 1. The van der Waals surface area contributed by atoms with E-state index in [4.69, 9.17) is 28.2 Å². The van der Waals surface area contributed by atoms with Crippen molar-refractivity contribution in [2.45, 2.75) is 13.8 Å². The highest BCUT2D eigenvalue weighted by molar-refractivity contribution is 6.33. The van der Waals surface area contributed by atoms with Gasteiger partial charge in [-0.25, -0.2) is 19.7 Å². The van der Waals surface area contributed by atoms with E-state index in [2.05, 4.69) is 34.0 Å². The lowest BCUT2D eigenvalue weighted by molar-refractivity contribution is 0.193. The van der Waals surface area contributed by atoms with Crippen LogP contribution >= 0.6 is 23.2 Å². The number of piperazine rings is 1. The minimum Gasteiger partial charge on any atom is -0.351 e. The Balaban J connectivity index is 1.52. The first-order valence-electron chi connectivity index (χ1n) is 11.9. The fourth-order valence-corrected chi connectivity index (χ4v) is 4.64. The van der Waals surface area contributed by atoms with Crippen molar-refractivity contribution >= 4 is 46.2 Å². The molecule has 5 rings (SSSR count). The summed E-state index contributed by atoms with van der Waals surface area (Å²) in [6.07, 6.45) is 1.56. The van der Waals surface area contributed by atoms with Crippen LogP contribution in [0.15, 0.2) is 54.9 Å². The van der Waals surface area contributed by atoms with Crippen molar-refractivity contribution in [3.8, 4) is 17.1 Å². The molecular formula is C26H27Cl2N7O. The molecule has 0 spiro atoms. The molecule has 2 aromatic carbocycles. The molecule has 2 amide bonds. The number of nitrogens with one attached hydrogen (secondary N) is 1. The van der Waals surface area contributed by atoms with Crippen LogP contribution in [0.2, 0.25) is 10.0 Å². The number of nitrogens with zero attached hydrogens (tertiary/aromatic N) is 6. The summed E-state index contributed by atoms with van der Waals surface area (Å²) >= 11 is 12.7. The molecule has 0 bridgehead atoms. The Bertz CT molecular complexity index is 1380. The molecule has 36 heavy (non-hydrogen) atoms. The number of imidazole rings is 1. The molecule has 1 aliphatic rings. The molecule has 0 saturated carbocycles. The average molecular weight is 524 g/mol. The van der Waals surface area contributed by atoms with Gasteiger partial charge in [0.15, 0.2) is 17.0 Å². The quantitative estimate of drug-likeness (QED) is 0.385. The SMILES string of the molecule is CC(C)CNC(=O)N1CCN(c2ncnc3c2nc(-c2ccccc2Cl)n3-c2ccc(Cl)cc2)CC1. The normalized spacial score (nSPS) is 14.0. The van der Waals surface area contributed by atoms with Gasteiger partial charge in [0, 0.05) is 49.0 Å². The number of fused-ring (bicyclic) bond motifs is 1. The standard InChI is InChI=1S/C26H27Cl2N7O/c1-17(2)15-29-26(36)34-13-11-33(12-14-34)24-22-25(31-16-30-24)35(19-9-7-18(27)8-10-19)23(32-22)20-5-3-4-6-21(20)28/h3-10,16-17H,11-15H2,1-2H3,(H,29,36). The molecule has 0 atom stereocenters. The van der Waals surface area contributed by atoms with Crippen molar-refractivity contribution in [2.24, 2.45) is 5.92 Å². The third kappa shape index (κ3) is 4.83. The Morgan fingerprint density at radius 1 is 1.00 bits per heavy atom. The van der Waals surface area contributed by atoms with Gasteiger partial charge < -0.3 is 15.1 Å². The van der Waals surface area contributed by atoms with E-state index in [1.54, 1.807) is 6.33 Å². The summed E-state index contributed by atoms with van der Waals surface area (Å²) in [6, 6.07) is 15.1. The molecule has 4 aromatic rings. The van der Waals surface area contributed by atoms with E-state index in [0.717, 1.165) is 17.1 Å². The summed E-state index contributed by atoms with van der Waals surface area (Å²) < 4.78 is 1.98. The lowest BCUT2D eigenvalue weighted by Gasteiger charge is -2.35. The zero-order valence-electron chi connectivity index (χ0n) is 20.2.